The van der Waals surface area contributed by atoms with Crippen molar-refractivity contribution in [1.29, 1.82) is 0 Å². The third-order valence-corrected chi connectivity index (χ3v) is 7.10. The van der Waals surface area contributed by atoms with Gasteiger partial charge in [0.1, 0.15) is 11.3 Å². The number of nitrogens with zero attached hydrogens (tertiary/aromatic N) is 2. The highest BCUT2D eigenvalue weighted by molar-refractivity contribution is 5.94. The number of benzene rings is 2. The first-order valence-corrected chi connectivity index (χ1v) is 12.5. The molecule has 1 N–H and O–H groups in total. The predicted molar refractivity (Wildman–Crippen MR) is 135 cm³/mol. The minimum absolute atomic E-state index is 0.0285. The minimum Gasteiger partial charge on any atom is -0.493 e. The van der Waals surface area contributed by atoms with Crippen LogP contribution in [0.15, 0.2) is 51.7 Å². The van der Waals surface area contributed by atoms with Gasteiger partial charge in [0.2, 0.25) is 0 Å². The van der Waals surface area contributed by atoms with Crippen molar-refractivity contribution in [3.63, 3.8) is 0 Å². The first-order valence-electron chi connectivity index (χ1n) is 12.5. The second kappa shape index (κ2) is 10.5. The molecule has 1 aliphatic carbocycles. The lowest BCUT2D eigenvalue weighted by Crippen LogP contribution is -2.45. The monoisotopic (exact) mass is 491 g/mol. The fourth-order valence-electron chi connectivity index (χ4n) is 5.14. The lowest BCUT2D eigenvalue weighted by atomic mass is 10.0. The van der Waals surface area contributed by atoms with Crippen LogP contribution in [0.3, 0.4) is 0 Å². The van der Waals surface area contributed by atoms with Gasteiger partial charge >= 0.3 is 5.63 Å². The molecule has 0 bridgehead atoms. The fourth-order valence-corrected chi connectivity index (χ4v) is 5.14. The van der Waals surface area contributed by atoms with Crippen LogP contribution < -0.4 is 15.7 Å². The van der Waals surface area contributed by atoms with E-state index in [4.69, 9.17) is 9.15 Å². The Labute approximate surface area is 208 Å². The molecule has 0 radical (unpaired) electrons. The van der Waals surface area contributed by atoms with Crippen LogP contribution in [0.5, 0.6) is 5.75 Å². The molecule has 2 aliphatic rings. The summed E-state index contributed by atoms with van der Waals surface area (Å²) in [5.74, 6) is 0.504. The second-order valence-electron chi connectivity index (χ2n) is 9.45. The number of nitrogens with one attached hydrogen (secondary N) is 1. The molecular weight excluding hydrogens is 462 g/mol. The molecule has 0 spiro atoms. The SMILES string of the molecule is O=C(NC1CCN(CCCOc2ccc3c4c(c(=O)oc3c2)CCC4)CC1)c1ccc([N+](=O)[O-])cc1. The van der Waals surface area contributed by atoms with Crippen LogP contribution in [0.2, 0.25) is 0 Å². The number of non-ortho nitro benzene ring substituents is 1. The smallest absolute Gasteiger partial charge is 0.339 e. The average molecular weight is 492 g/mol. The van der Waals surface area contributed by atoms with E-state index >= 15 is 0 Å². The number of nitro groups is 1. The van der Waals surface area contributed by atoms with Crippen LogP contribution in [0.4, 0.5) is 5.69 Å². The van der Waals surface area contributed by atoms with E-state index in [-0.39, 0.29) is 23.3 Å². The zero-order valence-electron chi connectivity index (χ0n) is 20.0. The van der Waals surface area contributed by atoms with Crippen LogP contribution >= 0.6 is 0 Å². The van der Waals surface area contributed by atoms with Crippen molar-refractivity contribution in [2.75, 3.05) is 26.2 Å². The van der Waals surface area contributed by atoms with Crippen molar-refractivity contribution in [3.8, 4) is 5.75 Å². The zero-order chi connectivity index (χ0) is 25.1. The fraction of sp³-hybridized carbons (Fsp3) is 0.407. The van der Waals surface area contributed by atoms with Gasteiger partial charge in [-0.1, -0.05) is 0 Å². The third-order valence-electron chi connectivity index (χ3n) is 7.10. The highest BCUT2D eigenvalue weighted by Gasteiger charge is 2.22. The Morgan fingerprint density at radius 1 is 1.11 bits per heavy atom. The number of fused-ring (bicyclic) bond motifs is 3. The molecule has 5 rings (SSSR count). The number of piperidine rings is 1. The number of carbonyl (C=O) groups excluding carboxylic acids is 1. The van der Waals surface area contributed by atoms with Crippen molar-refractivity contribution >= 4 is 22.6 Å². The number of ether oxygens (including phenoxy) is 1. The number of hydrogen-bond acceptors (Lipinski definition) is 7. The zero-order valence-corrected chi connectivity index (χ0v) is 20.0. The minimum atomic E-state index is -0.478. The van der Waals surface area contributed by atoms with Gasteiger partial charge in [-0.05, 0) is 68.4 Å². The van der Waals surface area contributed by atoms with E-state index in [1.807, 2.05) is 18.2 Å². The Bertz CT molecular complexity index is 1330. The Kier molecular flexibility index (Phi) is 6.99. The molecule has 3 aromatic rings. The number of rotatable bonds is 8. The molecule has 9 nitrogen and oxygen atoms in total. The largest absolute Gasteiger partial charge is 0.493 e. The highest BCUT2D eigenvalue weighted by Crippen LogP contribution is 2.29. The highest BCUT2D eigenvalue weighted by atomic mass is 16.6. The standard InChI is InChI=1S/C27H29N3O6/c31-26(18-5-7-20(8-6-18)30(33)34)28-19-11-14-29(15-12-19)13-2-16-35-21-9-10-23-22-3-1-4-24(22)27(32)36-25(23)17-21/h5-10,17,19H,1-4,11-16H2,(H,28,31). The molecule has 188 valence electrons. The molecule has 1 fully saturated rings. The molecule has 1 aromatic heterocycles. The van der Waals surface area contributed by atoms with E-state index in [9.17, 15) is 19.7 Å². The summed E-state index contributed by atoms with van der Waals surface area (Å²) < 4.78 is 11.4. The van der Waals surface area contributed by atoms with Crippen molar-refractivity contribution in [1.82, 2.24) is 10.2 Å². The first kappa shape index (κ1) is 24.0. The topological polar surface area (TPSA) is 115 Å². The summed E-state index contributed by atoms with van der Waals surface area (Å²) in [7, 11) is 0. The number of carbonyl (C=O) groups is 1. The summed E-state index contributed by atoms with van der Waals surface area (Å²) in [4.78, 5) is 37.3. The molecule has 36 heavy (non-hydrogen) atoms. The van der Waals surface area contributed by atoms with Gasteiger partial charge in [-0.15, -0.1) is 0 Å². The molecule has 1 amide bonds. The van der Waals surface area contributed by atoms with Crippen molar-refractivity contribution in [3.05, 3.63) is 79.7 Å². The molecule has 0 unspecified atom stereocenters. The summed E-state index contributed by atoms with van der Waals surface area (Å²) >= 11 is 0. The molecule has 0 saturated carbocycles. The second-order valence-corrected chi connectivity index (χ2v) is 9.45. The molecule has 2 aromatic carbocycles. The lowest BCUT2D eigenvalue weighted by Gasteiger charge is -2.32. The van der Waals surface area contributed by atoms with Crippen LogP contribution in [0.1, 0.15) is 47.2 Å². The number of amides is 1. The van der Waals surface area contributed by atoms with Gasteiger partial charge < -0.3 is 19.4 Å². The molecule has 2 heterocycles. The molecule has 1 saturated heterocycles. The van der Waals surface area contributed by atoms with Crippen molar-refractivity contribution in [2.45, 2.75) is 44.6 Å². The van der Waals surface area contributed by atoms with Gasteiger partial charge in [-0.25, -0.2) is 4.79 Å². The first-order chi connectivity index (χ1) is 17.5. The van der Waals surface area contributed by atoms with E-state index in [1.54, 1.807) is 0 Å². The van der Waals surface area contributed by atoms with Gasteiger partial charge in [0.25, 0.3) is 11.6 Å². The van der Waals surface area contributed by atoms with E-state index in [1.165, 1.54) is 24.3 Å². The van der Waals surface area contributed by atoms with Crippen molar-refractivity contribution < 1.29 is 18.9 Å². The quantitative estimate of drug-likeness (QED) is 0.220. The van der Waals surface area contributed by atoms with Gasteiger partial charge in [0.15, 0.2) is 0 Å². The van der Waals surface area contributed by atoms with Crippen LogP contribution in [0.25, 0.3) is 11.0 Å². The molecule has 1 aliphatic heterocycles. The summed E-state index contributed by atoms with van der Waals surface area (Å²) in [5, 5.41) is 14.8. The van der Waals surface area contributed by atoms with Gasteiger partial charge in [-0.2, -0.15) is 0 Å². The number of aryl methyl sites for hydroxylation is 1. The molecule has 0 atom stereocenters. The number of hydrogen-bond donors (Lipinski definition) is 1. The summed E-state index contributed by atoms with van der Waals surface area (Å²) in [6.07, 6.45) is 5.30. The lowest BCUT2D eigenvalue weighted by molar-refractivity contribution is -0.384. The Balaban J connectivity index is 1.04. The van der Waals surface area contributed by atoms with E-state index in [0.717, 1.165) is 74.7 Å². The maximum atomic E-state index is 12.4. The number of nitro benzene ring substituents is 1. The van der Waals surface area contributed by atoms with Crippen molar-refractivity contribution in [2.24, 2.45) is 0 Å². The van der Waals surface area contributed by atoms with E-state index in [0.29, 0.717) is 23.5 Å². The predicted octanol–water partition coefficient (Wildman–Crippen LogP) is 3.85. The maximum Gasteiger partial charge on any atom is 0.339 e. The Morgan fingerprint density at radius 2 is 1.86 bits per heavy atom. The molecular formula is C27H29N3O6. The maximum absolute atomic E-state index is 12.4. The van der Waals surface area contributed by atoms with Crippen LogP contribution in [0, 0.1) is 10.1 Å². The third kappa shape index (κ3) is 5.26. The summed E-state index contributed by atoms with van der Waals surface area (Å²) in [6.45, 7) is 3.24. The number of likely N-dealkylation sites (tertiary alicyclic amines) is 1. The van der Waals surface area contributed by atoms with Gasteiger partial charge in [0.05, 0.1) is 11.5 Å². The van der Waals surface area contributed by atoms with E-state index < -0.39 is 4.92 Å². The van der Waals surface area contributed by atoms with Gasteiger partial charge in [-0.3, -0.25) is 14.9 Å². The Morgan fingerprint density at radius 3 is 2.61 bits per heavy atom. The van der Waals surface area contributed by atoms with Gasteiger partial charge in [0, 0.05) is 60.4 Å². The normalized spacial score (nSPS) is 16.1. The average Bonchev–Trinajstić information content (AvgIpc) is 3.39. The van der Waals surface area contributed by atoms with E-state index in [2.05, 4.69) is 10.2 Å². The van der Waals surface area contributed by atoms with Crippen LogP contribution in [-0.2, 0) is 12.8 Å². The van der Waals surface area contributed by atoms with Crippen LogP contribution in [-0.4, -0.2) is 48.0 Å². The summed E-state index contributed by atoms with van der Waals surface area (Å²) in [6, 6.07) is 11.5. The summed E-state index contributed by atoms with van der Waals surface area (Å²) in [5.41, 5.74) is 2.72. The Hall–Kier alpha value is -3.72. The molecule has 9 heteroatoms.